The number of carboxylic acid groups (broad SMARTS) is 1. The molecule has 0 radical (unpaired) electrons. The van der Waals surface area contributed by atoms with Crippen molar-refractivity contribution >= 4 is 23.6 Å². The van der Waals surface area contributed by atoms with Crippen molar-refractivity contribution in [2.75, 3.05) is 6.54 Å². The molecule has 19 heavy (non-hydrogen) atoms. The predicted octanol–water partition coefficient (Wildman–Crippen LogP) is 2.64. The number of carbonyl (C=O) groups excluding carboxylic acids is 1. The highest BCUT2D eigenvalue weighted by atomic mass is 32.2. The van der Waals surface area contributed by atoms with E-state index in [1.54, 1.807) is 31.2 Å². The lowest BCUT2D eigenvalue weighted by Crippen LogP contribution is -2.33. The van der Waals surface area contributed by atoms with E-state index in [1.165, 1.54) is 11.8 Å². The van der Waals surface area contributed by atoms with Crippen molar-refractivity contribution < 1.29 is 14.7 Å². The largest absolute Gasteiger partial charge is 0.478 e. The van der Waals surface area contributed by atoms with Gasteiger partial charge in [-0.2, -0.15) is 0 Å². The molecule has 5 heteroatoms. The molecule has 0 spiro atoms. The van der Waals surface area contributed by atoms with Crippen molar-refractivity contribution in [3.05, 3.63) is 29.8 Å². The van der Waals surface area contributed by atoms with Crippen LogP contribution in [0.25, 0.3) is 0 Å². The van der Waals surface area contributed by atoms with E-state index in [2.05, 4.69) is 5.32 Å². The molecule has 0 aliphatic rings. The Labute approximate surface area is 117 Å². The Kier molecular flexibility index (Phi) is 5.89. The first-order chi connectivity index (χ1) is 8.91. The van der Waals surface area contributed by atoms with Crippen LogP contribution in [-0.2, 0) is 4.79 Å². The van der Waals surface area contributed by atoms with Crippen LogP contribution < -0.4 is 5.32 Å². The van der Waals surface area contributed by atoms with Gasteiger partial charge in [0.05, 0.1) is 10.8 Å². The van der Waals surface area contributed by atoms with Gasteiger partial charge in [-0.1, -0.05) is 26.0 Å². The van der Waals surface area contributed by atoms with E-state index in [0.29, 0.717) is 17.4 Å². The fraction of sp³-hybridized carbons (Fsp3) is 0.429. The molecule has 1 aromatic carbocycles. The minimum atomic E-state index is -0.974. The average molecular weight is 281 g/mol. The molecular weight excluding hydrogens is 262 g/mol. The van der Waals surface area contributed by atoms with Gasteiger partial charge in [0, 0.05) is 11.4 Å². The highest BCUT2D eigenvalue weighted by Crippen LogP contribution is 2.26. The van der Waals surface area contributed by atoms with Crippen LogP contribution in [0.1, 0.15) is 31.1 Å². The van der Waals surface area contributed by atoms with Crippen molar-refractivity contribution in [2.45, 2.75) is 30.9 Å². The second kappa shape index (κ2) is 7.19. The minimum absolute atomic E-state index is 0.0705. The summed E-state index contributed by atoms with van der Waals surface area (Å²) < 4.78 is 0. The first-order valence-electron chi connectivity index (χ1n) is 6.18. The number of rotatable bonds is 6. The maximum absolute atomic E-state index is 11.9. The number of nitrogens with one attached hydrogen (secondary N) is 1. The maximum Gasteiger partial charge on any atom is 0.336 e. The van der Waals surface area contributed by atoms with Gasteiger partial charge < -0.3 is 10.4 Å². The van der Waals surface area contributed by atoms with Gasteiger partial charge in [0.15, 0.2) is 0 Å². The van der Waals surface area contributed by atoms with Gasteiger partial charge in [-0.15, -0.1) is 11.8 Å². The molecular formula is C14H19NO3S. The maximum atomic E-state index is 11.9. The first-order valence-corrected chi connectivity index (χ1v) is 7.06. The molecule has 0 heterocycles. The summed E-state index contributed by atoms with van der Waals surface area (Å²) in [5, 5.41) is 11.6. The van der Waals surface area contributed by atoms with Gasteiger partial charge in [-0.05, 0) is 25.0 Å². The van der Waals surface area contributed by atoms with Crippen LogP contribution in [-0.4, -0.2) is 28.8 Å². The van der Waals surface area contributed by atoms with Gasteiger partial charge in [0.2, 0.25) is 5.91 Å². The van der Waals surface area contributed by atoms with E-state index in [1.807, 2.05) is 13.8 Å². The summed E-state index contributed by atoms with van der Waals surface area (Å²) in [7, 11) is 0. The minimum Gasteiger partial charge on any atom is -0.478 e. The van der Waals surface area contributed by atoms with Gasteiger partial charge in [-0.3, -0.25) is 4.79 Å². The Balaban J connectivity index is 2.69. The summed E-state index contributed by atoms with van der Waals surface area (Å²) in [6.07, 6.45) is 0. The van der Waals surface area contributed by atoms with E-state index in [4.69, 9.17) is 5.11 Å². The topological polar surface area (TPSA) is 66.4 Å². The van der Waals surface area contributed by atoms with Crippen molar-refractivity contribution in [2.24, 2.45) is 5.92 Å². The Bertz CT molecular complexity index is 460. The molecule has 0 aromatic heterocycles. The molecule has 2 N–H and O–H groups in total. The summed E-state index contributed by atoms with van der Waals surface area (Å²) in [6.45, 7) is 6.46. The van der Waals surface area contributed by atoms with Crippen LogP contribution in [0.5, 0.6) is 0 Å². The van der Waals surface area contributed by atoms with E-state index in [-0.39, 0.29) is 16.7 Å². The van der Waals surface area contributed by atoms with Crippen molar-refractivity contribution in [3.8, 4) is 0 Å². The number of carbonyl (C=O) groups is 2. The number of carboxylic acids is 1. The lowest BCUT2D eigenvalue weighted by Gasteiger charge is -2.14. The number of amides is 1. The van der Waals surface area contributed by atoms with Crippen LogP contribution >= 0.6 is 11.8 Å². The lowest BCUT2D eigenvalue weighted by molar-refractivity contribution is -0.120. The number of thioether (sulfide) groups is 1. The first kappa shape index (κ1) is 15.6. The van der Waals surface area contributed by atoms with Crippen LogP contribution in [0.15, 0.2) is 29.2 Å². The van der Waals surface area contributed by atoms with Crippen LogP contribution in [0, 0.1) is 5.92 Å². The van der Waals surface area contributed by atoms with Crippen LogP contribution in [0.2, 0.25) is 0 Å². The quantitative estimate of drug-likeness (QED) is 0.787. The molecule has 1 aromatic rings. The molecule has 104 valence electrons. The Hall–Kier alpha value is -1.49. The predicted molar refractivity (Wildman–Crippen MR) is 76.6 cm³/mol. The van der Waals surface area contributed by atoms with Crippen molar-refractivity contribution in [1.29, 1.82) is 0 Å². The molecule has 4 nitrogen and oxygen atoms in total. The molecule has 1 atom stereocenters. The molecule has 0 aliphatic carbocycles. The molecule has 1 rings (SSSR count). The summed E-state index contributed by atoms with van der Waals surface area (Å²) in [6, 6.07) is 6.72. The molecule has 0 saturated carbocycles. The molecule has 1 unspecified atom stereocenters. The lowest BCUT2D eigenvalue weighted by atomic mass is 10.2. The van der Waals surface area contributed by atoms with Crippen molar-refractivity contribution in [1.82, 2.24) is 5.32 Å². The second-order valence-electron chi connectivity index (χ2n) is 4.70. The molecule has 1 amide bonds. The number of hydrogen-bond donors (Lipinski definition) is 2. The SMILES string of the molecule is CC(C)CNC(=O)C(C)Sc1ccccc1C(=O)O. The Morgan fingerprint density at radius 1 is 1.26 bits per heavy atom. The van der Waals surface area contributed by atoms with E-state index in [0.717, 1.165) is 0 Å². The summed E-state index contributed by atoms with van der Waals surface area (Å²) >= 11 is 1.27. The number of benzene rings is 1. The zero-order chi connectivity index (χ0) is 14.4. The summed E-state index contributed by atoms with van der Waals surface area (Å²) in [5.74, 6) is -0.649. The summed E-state index contributed by atoms with van der Waals surface area (Å²) in [5.41, 5.74) is 0.232. The highest BCUT2D eigenvalue weighted by Gasteiger charge is 2.18. The van der Waals surface area contributed by atoms with Crippen LogP contribution in [0.3, 0.4) is 0 Å². The zero-order valence-corrected chi connectivity index (χ0v) is 12.2. The van der Waals surface area contributed by atoms with E-state index in [9.17, 15) is 9.59 Å². The fourth-order valence-corrected chi connectivity index (χ4v) is 2.45. The van der Waals surface area contributed by atoms with Crippen molar-refractivity contribution in [3.63, 3.8) is 0 Å². The molecule has 0 bridgehead atoms. The molecule has 0 saturated heterocycles. The van der Waals surface area contributed by atoms with E-state index < -0.39 is 5.97 Å². The Morgan fingerprint density at radius 3 is 2.47 bits per heavy atom. The monoisotopic (exact) mass is 281 g/mol. The second-order valence-corrected chi connectivity index (χ2v) is 6.08. The molecule has 0 aliphatic heterocycles. The fourth-order valence-electron chi connectivity index (χ4n) is 1.44. The third-order valence-electron chi connectivity index (χ3n) is 2.47. The van der Waals surface area contributed by atoms with Gasteiger partial charge in [0.25, 0.3) is 0 Å². The van der Waals surface area contributed by atoms with Gasteiger partial charge in [0.1, 0.15) is 0 Å². The van der Waals surface area contributed by atoms with Gasteiger partial charge >= 0.3 is 5.97 Å². The number of aromatic carboxylic acids is 1. The Morgan fingerprint density at radius 2 is 1.89 bits per heavy atom. The highest BCUT2D eigenvalue weighted by molar-refractivity contribution is 8.00. The summed E-state index contributed by atoms with van der Waals surface area (Å²) in [4.78, 5) is 23.5. The standard InChI is InChI=1S/C14H19NO3S/c1-9(2)8-15-13(16)10(3)19-12-7-5-4-6-11(12)14(17)18/h4-7,9-10H,8H2,1-3H3,(H,15,16)(H,17,18). The average Bonchev–Trinajstić information content (AvgIpc) is 2.36. The van der Waals surface area contributed by atoms with E-state index >= 15 is 0 Å². The zero-order valence-electron chi connectivity index (χ0n) is 11.3. The normalized spacial score (nSPS) is 12.2. The number of hydrogen-bond acceptors (Lipinski definition) is 3. The van der Waals surface area contributed by atoms with Crippen LogP contribution in [0.4, 0.5) is 0 Å². The third-order valence-corrected chi connectivity index (χ3v) is 3.65. The smallest absolute Gasteiger partial charge is 0.336 e. The molecule has 0 fully saturated rings. The third kappa shape index (κ3) is 4.95. The van der Waals surface area contributed by atoms with Gasteiger partial charge in [-0.25, -0.2) is 4.79 Å².